The number of carbonyl (C=O) groups is 1. The molecule has 1 fully saturated rings. The maximum atomic E-state index is 12.4. The van der Waals surface area contributed by atoms with Gasteiger partial charge in [0, 0.05) is 23.1 Å². The van der Waals surface area contributed by atoms with E-state index in [1.807, 2.05) is 31.3 Å². The molecule has 2 unspecified atom stereocenters. The van der Waals surface area contributed by atoms with E-state index in [4.69, 9.17) is 11.6 Å². The summed E-state index contributed by atoms with van der Waals surface area (Å²) in [6.45, 7) is 0. The third-order valence-electron chi connectivity index (χ3n) is 3.54. The van der Waals surface area contributed by atoms with E-state index in [0.29, 0.717) is 5.56 Å². The van der Waals surface area contributed by atoms with Crippen molar-refractivity contribution >= 4 is 33.4 Å². The molecule has 1 amide bonds. The Morgan fingerprint density at radius 1 is 1.39 bits per heavy atom. The highest BCUT2D eigenvalue weighted by Gasteiger charge is 2.29. The van der Waals surface area contributed by atoms with Gasteiger partial charge in [0.1, 0.15) is 0 Å². The maximum Gasteiger partial charge on any atom is 0.253 e. The second kappa shape index (κ2) is 6.07. The summed E-state index contributed by atoms with van der Waals surface area (Å²) in [4.78, 5) is 14.2. The summed E-state index contributed by atoms with van der Waals surface area (Å²) in [5.74, 6) is 0.0499. The molecule has 2 nitrogen and oxygen atoms in total. The van der Waals surface area contributed by atoms with Crippen LogP contribution in [0.2, 0.25) is 0 Å². The van der Waals surface area contributed by atoms with Crippen LogP contribution in [0, 0.1) is 0 Å². The van der Waals surface area contributed by atoms with Crippen LogP contribution in [0.25, 0.3) is 0 Å². The topological polar surface area (TPSA) is 20.3 Å². The monoisotopic (exact) mass is 329 g/mol. The van der Waals surface area contributed by atoms with Gasteiger partial charge >= 0.3 is 0 Å². The Morgan fingerprint density at radius 2 is 2.11 bits per heavy atom. The fourth-order valence-corrected chi connectivity index (χ4v) is 3.33. The van der Waals surface area contributed by atoms with Gasteiger partial charge in [-0.05, 0) is 31.0 Å². The Balaban J connectivity index is 2.13. The van der Waals surface area contributed by atoms with Crippen LogP contribution in [0.1, 0.15) is 36.0 Å². The Hall–Kier alpha value is -0.540. The SMILES string of the molecule is CN(C(=O)c1cccc(Br)c1)C1CCCCC1Cl. The van der Waals surface area contributed by atoms with Gasteiger partial charge in [-0.15, -0.1) is 11.6 Å². The predicted octanol–water partition coefficient (Wildman–Crippen LogP) is 4.07. The van der Waals surface area contributed by atoms with Crippen LogP contribution in [0.4, 0.5) is 0 Å². The minimum atomic E-state index is 0.0499. The molecule has 0 saturated heterocycles. The third-order valence-corrected chi connectivity index (χ3v) is 4.54. The molecule has 1 aromatic rings. The van der Waals surface area contributed by atoms with E-state index in [2.05, 4.69) is 15.9 Å². The van der Waals surface area contributed by atoms with Gasteiger partial charge in [0.05, 0.1) is 5.38 Å². The molecule has 0 spiro atoms. The molecular formula is C14H17BrClNO. The first-order valence-electron chi connectivity index (χ1n) is 6.26. The Labute approximate surface area is 121 Å². The molecule has 1 saturated carbocycles. The van der Waals surface area contributed by atoms with E-state index in [-0.39, 0.29) is 17.3 Å². The summed E-state index contributed by atoms with van der Waals surface area (Å²) < 4.78 is 0.924. The number of benzene rings is 1. The summed E-state index contributed by atoms with van der Waals surface area (Å²) in [5.41, 5.74) is 0.710. The molecule has 0 radical (unpaired) electrons. The molecule has 18 heavy (non-hydrogen) atoms. The molecule has 1 aliphatic rings. The van der Waals surface area contributed by atoms with E-state index < -0.39 is 0 Å². The van der Waals surface area contributed by atoms with E-state index in [1.54, 1.807) is 4.90 Å². The quantitative estimate of drug-likeness (QED) is 0.749. The minimum absolute atomic E-state index is 0.0499. The van der Waals surface area contributed by atoms with Crippen molar-refractivity contribution in [1.29, 1.82) is 0 Å². The normalized spacial score (nSPS) is 23.7. The lowest BCUT2D eigenvalue weighted by molar-refractivity contribution is 0.0700. The van der Waals surface area contributed by atoms with Crippen molar-refractivity contribution in [1.82, 2.24) is 4.90 Å². The summed E-state index contributed by atoms with van der Waals surface area (Å²) >= 11 is 9.73. The highest BCUT2D eigenvalue weighted by atomic mass is 79.9. The van der Waals surface area contributed by atoms with Crippen LogP contribution in [0.15, 0.2) is 28.7 Å². The summed E-state index contributed by atoms with van der Waals surface area (Å²) in [6, 6.07) is 7.65. The molecular weight excluding hydrogens is 314 g/mol. The van der Waals surface area contributed by atoms with E-state index in [1.165, 1.54) is 6.42 Å². The summed E-state index contributed by atoms with van der Waals surface area (Å²) in [6.07, 6.45) is 4.33. The lowest BCUT2D eigenvalue weighted by Gasteiger charge is -2.35. The van der Waals surface area contributed by atoms with Gasteiger partial charge in [0.15, 0.2) is 0 Å². The number of nitrogens with zero attached hydrogens (tertiary/aromatic N) is 1. The molecule has 98 valence electrons. The first-order chi connectivity index (χ1) is 8.59. The molecule has 1 aliphatic carbocycles. The zero-order valence-corrected chi connectivity index (χ0v) is 12.7. The average Bonchev–Trinajstić information content (AvgIpc) is 2.37. The number of hydrogen-bond acceptors (Lipinski definition) is 1. The van der Waals surface area contributed by atoms with E-state index in [0.717, 1.165) is 23.7 Å². The lowest BCUT2D eigenvalue weighted by atomic mass is 9.93. The zero-order chi connectivity index (χ0) is 13.1. The molecule has 2 rings (SSSR count). The van der Waals surface area contributed by atoms with Gasteiger partial charge in [-0.25, -0.2) is 0 Å². The van der Waals surface area contributed by atoms with Gasteiger partial charge in [0.2, 0.25) is 0 Å². The fraction of sp³-hybridized carbons (Fsp3) is 0.500. The number of hydrogen-bond donors (Lipinski definition) is 0. The zero-order valence-electron chi connectivity index (χ0n) is 10.4. The Kier molecular flexibility index (Phi) is 4.68. The van der Waals surface area contributed by atoms with Crippen molar-refractivity contribution < 1.29 is 4.79 Å². The number of halogens is 2. The lowest BCUT2D eigenvalue weighted by Crippen LogP contribution is -2.44. The van der Waals surface area contributed by atoms with Gasteiger partial charge < -0.3 is 4.90 Å². The first kappa shape index (κ1) is 13.9. The third kappa shape index (κ3) is 3.07. The van der Waals surface area contributed by atoms with Crippen LogP contribution in [-0.4, -0.2) is 29.3 Å². The first-order valence-corrected chi connectivity index (χ1v) is 7.49. The fourth-order valence-electron chi connectivity index (χ4n) is 2.48. The van der Waals surface area contributed by atoms with Gasteiger partial charge in [-0.3, -0.25) is 4.79 Å². The molecule has 1 aromatic carbocycles. The van der Waals surface area contributed by atoms with Crippen molar-refractivity contribution in [3.63, 3.8) is 0 Å². The smallest absolute Gasteiger partial charge is 0.253 e. The van der Waals surface area contributed by atoms with Crippen molar-refractivity contribution in [3.8, 4) is 0 Å². The predicted molar refractivity (Wildman–Crippen MR) is 78.1 cm³/mol. The molecule has 2 atom stereocenters. The number of amides is 1. The van der Waals surface area contributed by atoms with Crippen molar-refractivity contribution in [2.24, 2.45) is 0 Å². The second-order valence-electron chi connectivity index (χ2n) is 4.79. The minimum Gasteiger partial charge on any atom is -0.337 e. The van der Waals surface area contributed by atoms with E-state index >= 15 is 0 Å². The standard InChI is InChI=1S/C14H17BrClNO/c1-17(13-8-3-2-7-12(13)16)14(18)10-5-4-6-11(15)9-10/h4-6,9,12-13H,2-3,7-8H2,1H3. The molecule has 0 N–H and O–H groups in total. The maximum absolute atomic E-state index is 12.4. The number of alkyl halides is 1. The van der Waals surface area contributed by atoms with Gasteiger partial charge in [-0.1, -0.05) is 34.8 Å². The number of rotatable bonds is 2. The van der Waals surface area contributed by atoms with Crippen molar-refractivity contribution in [3.05, 3.63) is 34.3 Å². The Bertz CT molecular complexity index is 438. The molecule has 0 heterocycles. The van der Waals surface area contributed by atoms with E-state index in [9.17, 15) is 4.79 Å². The number of carbonyl (C=O) groups excluding carboxylic acids is 1. The van der Waals surface area contributed by atoms with Crippen LogP contribution >= 0.6 is 27.5 Å². The Morgan fingerprint density at radius 3 is 2.78 bits per heavy atom. The van der Waals surface area contributed by atoms with Crippen LogP contribution in [0.3, 0.4) is 0 Å². The summed E-state index contributed by atoms with van der Waals surface area (Å²) in [5, 5.41) is 0.0832. The molecule has 0 aromatic heterocycles. The van der Waals surface area contributed by atoms with Crippen molar-refractivity contribution in [2.75, 3.05) is 7.05 Å². The molecule has 0 aliphatic heterocycles. The molecule has 4 heteroatoms. The van der Waals surface area contributed by atoms with Gasteiger partial charge in [0.25, 0.3) is 5.91 Å². The van der Waals surface area contributed by atoms with Gasteiger partial charge in [-0.2, -0.15) is 0 Å². The molecule has 0 bridgehead atoms. The summed E-state index contributed by atoms with van der Waals surface area (Å²) in [7, 11) is 1.86. The van der Waals surface area contributed by atoms with Crippen LogP contribution in [0.5, 0.6) is 0 Å². The van der Waals surface area contributed by atoms with Crippen LogP contribution < -0.4 is 0 Å². The average molecular weight is 331 g/mol. The van der Waals surface area contributed by atoms with Crippen LogP contribution in [-0.2, 0) is 0 Å². The van der Waals surface area contributed by atoms with Crippen molar-refractivity contribution in [2.45, 2.75) is 37.1 Å². The second-order valence-corrected chi connectivity index (χ2v) is 6.27. The largest absolute Gasteiger partial charge is 0.337 e. The highest BCUT2D eigenvalue weighted by molar-refractivity contribution is 9.10. The highest BCUT2D eigenvalue weighted by Crippen LogP contribution is 2.27.